The standard InChI is InChI=1S/C19H21N3O4/c1-24-15-8-14-17(19(26-3)18(15)25-2)13(11-21-14)7-16(23)22-10-12-5-4-6-20-9-12/h4-6,8-9,11,21H,7,10H2,1-3H3,(H,22,23). The molecule has 0 aliphatic heterocycles. The molecule has 2 aromatic heterocycles. The number of ether oxygens (including phenoxy) is 3. The molecule has 3 rings (SSSR count). The maximum absolute atomic E-state index is 12.4. The third-order valence-electron chi connectivity index (χ3n) is 4.12. The van der Waals surface area contributed by atoms with E-state index in [2.05, 4.69) is 15.3 Å². The summed E-state index contributed by atoms with van der Waals surface area (Å²) in [6.45, 7) is 0.434. The van der Waals surface area contributed by atoms with Gasteiger partial charge in [-0.05, 0) is 17.2 Å². The first-order valence-corrected chi connectivity index (χ1v) is 8.12. The number of rotatable bonds is 7. The van der Waals surface area contributed by atoms with Crippen molar-refractivity contribution in [2.24, 2.45) is 0 Å². The lowest BCUT2D eigenvalue weighted by atomic mass is 10.1. The molecule has 0 aliphatic rings. The third-order valence-corrected chi connectivity index (χ3v) is 4.12. The molecule has 0 saturated carbocycles. The van der Waals surface area contributed by atoms with E-state index >= 15 is 0 Å². The maximum atomic E-state index is 12.4. The minimum atomic E-state index is -0.0911. The highest BCUT2D eigenvalue weighted by Gasteiger charge is 2.20. The molecule has 0 atom stereocenters. The zero-order valence-electron chi connectivity index (χ0n) is 15.0. The van der Waals surface area contributed by atoms with Crippen molar-refractivity contribution < 1.29 is 19.0 Å². The fraction of sp³-hybridized carbons (Fsp3) is 0.263. The molecule has 2 heterocycles. The monoisotopic (exact) mass is 355 g/mol. The van der Waals surface area contributed by atoms with Gasteiger partial charge in [0.2, 0.25) is 11.7 Å². The molecule has 26 heavy (non-hydrogen) atoms. The number of H-pyrrole nitrogens is 1. The first-order chi connectivity index (χ1) is 12.7. The minimum absolute atomic E-state index is 0.0911. The summed E-state index contributed by atoms with van der Waals surface area (Å²) in [6, 6.07) is 5.58. The average Bonchev–Trinajstić information content (AvgIpc) is 3.07. The van der Waals surface area contributed by atoms with Crippen molar-refractivity contribution in [1.82, 2.24) is 15.3 Å². The molecule has 136 valence electrons. The lowest BCUT2D eigenvalue weighted by molar-refractivity contribution is -0.120. The number of fused-ring (bicyclic) bond motifs is 1. The Bertz CT molecular complexity index is 906. The van der Waals surface area contributed by atoms with Gasteiger partial charge in [0.15, 0.2) is 11.5 Å². The van der Waals surface area contributed by atoms with E-state index in [1.807, 2.05) is 18.2 Å². The van der Waals surface area contributed by atoms with Crippen LogP contribution in [-0.4, -0.2) is 37.2 Å². The normalized spacial score (nSPS) is 10.6. The topological polar surface area (TPSA) is 85.5 Å². The van der Waals surface area contributed by atoms with E-state index in [4.69, 9.17) is 14.2 Å². The SMILES string of the molecule is COc1cc2[nH]cc(CC(=O)NCc3cccnc3)c2c(OC)c1OC. The Morgan fingerprint density at radius 1 is 1.19 bits per heavy atom. The van der Waals surface area contributed by atoms with Crippen LogP contribution in [0.5, 0.6) is 17.2 Å². The Morgan fingerprint density at radius 2 is 2.00 bits per heavy atom. The second-order valence-electron chi connectivity index (χ2n) is 5.70. The molecule has 0 saturated heterocycles. The highest BCUT2D eigenvalue weighted by atomic mass is 16.5. The minimum Gasteiger partial charge on any atom is -0.493 e. The van der Waals surface area contributed by atoms with Crippen molar-refractivity contribution in [2.75, 3.05) is 21.3 Å². The molecule has 0 spiro atoms. The number of pyridine rings is 1. The van der Waals surface area contributed by atoms with Gasteiger partial charge in [0.1, 0.15) is 0 Å². The van der Waals surface area contributed by atoms with Crippen molar-refractivity contribution in [1.29, 1.82) is 0 Å². The fourth-order valence-corrected chi connectivity index (χ4v) is 2.90. The number of hydrogen-bond donors (Lipinski definition) is 2. The first-order valence-electron chi connectivity index (χ1n) is 8.12. The number of carbonyl (C=O) groups excluding carboxylic acids is 1. The van der Waals surface area contributed by atoms with Crippen LogP contribution >= 0.6 is 0 Å². The summed E-state index contributed by atoms with van der Waals surface area (Å²) < 4.78 is 16.3. The van der Waals surface area contributed by atoms with Gasteiger partial charge in [0.25, 0.3) is 0 Å². The smallest absolute Gasteiger partial charge is 0.224 e. The van der Waals surface area contributed by atoms with Crippen LogP contribution in [-0.2, 0) is 17.8 Å². The molecule has 0 radical (unpaired) electrons. The van der Waals surface area contributed by atoms with Gasteiger partial charge in [-0.25, -0.2) is 0 Å². The van der Waals surface area contributed by atoms with E-state index in [0.29, 0.717) is 23.8 Å². The summed E-state index contributed by atoms with van der Waals surface area (Å²) in [5.74, 6) is 1.51. The van der Waals surface area contributed by atoms with Gasteiger partial charge in [-0.15, -0.1) is 0 Å². The Labute approximate surface area is 151 Å². The molecule has 0 aliphatic carbocycles. The van der Waals surface area contributed by atoms with Crippen LogP contribution in [0.2, 0.25) is 0 Å². The van der Waals surface area contributed by atoms with Crippen molar-refractivity contribution in [3.8, 4) is 17.2 Å². The number of amides is 1. The van der Waals surface area contributed by atoms with Crippen molar-refractivity contribution >= 4 is 16.8 Å². The molecule has 0 fully saturated rings. The zero-order valence-corrected chi connectivity index (χ0v) is 15.0. The highest BCUT2D eigenvalue weighted by Crippen LogP contribution is 2.44. The number of nitrogens with zero attached hydrogens (tertiary/aromatic N) is 1. The molecule has 3 aromatic rings. The van der Waals surface area contributed by atoms with Crippen molar-refractivity contribution in [2.45, 2.75) is 13.0 Å². The second kappa shape index (κ2) is 7.77. The molecule has 0 unspecified atom stereocenters. The summed E-state index contributed by atoms with van der Waals surface area (Å²) in [6.07, 6.45) is 5.44. The highest BCUT2D eigenvalue weighted by molar-refractivity contribution is 5.96. The maximum Gasteiger partial charge on any atom is 0.224 e. The Hall–Kier alpha value is -3.22. The van der Waals surface area contributed by atoms with Gasteiger partial charge in [0, 0.05) is 36.6 Å². The van der Waals surface area contributed by atoms with Crippen LogP contribution in [0.3, 0.4) is 0 Å². The Kier molecular flexibility index (Phi) is 5.26. The van der Waals surface area contributed by atoms with E-state index < -0.39 is 0 Å². The van der Waals surface area contributed by atoms with E-state index in [9.17, 15) is 4.79 Å². The number of carbonyl (C=O) groups is 1. The molecule has 7 heteroatoms. The quantitative estimate of drug-likeness (QED) is 0.680. The van der Waals surface area contributed by atoms with E-state index in [0.717, 1.165) is 22.0 Å². The van der Waals surface area contributed by atoms with E-state index in [1.165, 1.54) is 0 Å². The molecule has 0 bridgehead atoms. The van der Waals surface area contributed by atoms with Gasteiger partial charge in [-0.2, -0.15) is 0 Å². The van der Waals surface area contributed by atoms with Crippen LogP contribution in [0, 0.1) is 0 Å². The lowest BCUT2D eigenvalue weighted by Gasteiger charge is -2.14. The van der Waals surface area contributed by atoms with Gasteiger partial charge in [-0.1, -0.05) is 6.07 Å². The predicted molar refractivity (Wildman–Crippen MR) is 97.7 cm³/mol. The predicted octanol–water partition coefficient (Wildman–Crippen LogP) is 2.45. The number of benzene rings is 1. The number of nitrogens with one attached hydrogen (secondary N) is 2. The number of hydrogen-bond acceptors (Lipinski definition) is 5. The van der Waals surface area contributed by atoms with Gasteiger partial charge in [-0.3, -0.25) is 9.78 Å². The summed E-state index contributed by atoms with van der Waals surface area (Å²) >= 11 is 0. The van der Waals surface area contributed by atoms with Crippen LogP contribution in [0.25, 0.3) is 10.9 Å². The molecule has 1 aromatic carbocycles. The summed E-state index contributed by atoms with van der Waals surface area (Å²) in [5.41, 5.74) is 2.58. The summed E-state index contributed by atoms with van der Waals surface area (Å²) in [4.78, 5) is 19.6. The molecule has 2 N–H and O–H groups in total. The van der Waals surface area contributed by atoms with Gasteiger partial charge < -0.3 is 24.5 Å². The third kappa shape index (κ3) is 3.42. The zero-order chi connectivity index (χ0) is 18.5. The number of aromatic amines is 1. The molecule has 7 nitrogen and oxygen atoms in total. The van der Waals surface area contributed by atoms with Crippen LogP contribution < -0.4 is 19.5 Å². The number of aromatic nitrogens is 2. The van der Waals surface area contributed by atoms with Crippen molar-refractivity contribution in [3.63, 3.8) is 0 Å². The van der Waals surface area contributed by atoms with Gasteiger partial charge >= 0.3 is 0 Å². The second-order valence-corrected chi connectivity index (χ2v) is 5.70. The fourth-order valence-electron chi connectivity index (χ4n) is 2.90. The number of methoxy groups -OCH3 is 3. The van der Waals surface area contributed by atoms with Crippen LogP contribution in [0.1, 0.15) is 11.1 Å². The summed E-state index contributed by atoms with van der Waals surface area (Å²) in [5, 5.41) is 3.71. The lowest BCUT2D eigenvalue weighted by Crippen LogP contribution is -2.24. The van der Waals surface area contributed by atoms with Gasteiger partial charge in [0.05, 0.1) is 33.3 Å². The Morgan fingerprint density at radius 3 is 2.65 bits per heavy atom. The van der Waals surface area contributed by atoms with Crippen LogP contribution in [0.15, 0.2) is 36.8 Å². The van der Waals surface area contributed by atoms with Crippen molar-refractivity contribution in [3.05, 3.63) is 47.9 Å². The van der Waals surface area contributed by atoms with E-state index in [-0.39, 0.29) is 12.3 Å². The Balaban J connectivity index is 1.85. The van der Waals surface area contributed by atoms with Crippen LogP contribution in [0.4, 0.5) is 0 Å². The molecule has 1 amide bonds. The molecular formula is C19H21N3O4. The largest absolute Gasteiger partial charge is 0.493 e. The molecular weight excluding hydrogens is 334 g/mol. The summed E-state index contributed by atoms with van der Waals surface area (Å²) in [7, 11) is 4.69. The average molecular weight is 355 g/mol. The first kappa shape index (κ1) is 17.6. The van der Waals surface area contributed by atoms with E-state index in [1.54, 1.807) is 39.9 Å².